The molecule has 0 unspecified atom stereocenters. The van der Waals surface area contributed by atoms with Crippen LogP contribution < -0.4 is 10.7 Å². The highest BCUT2D eigenvalue weighted by Gasteiger charge is 2.24. The molecule has 0 atom stereocenters. The first-order valence-corrected chi connectivity index (χ1v) is 11.1. The minimum Gasteiger partial charge on any atom is -0.452 e. The molecule has 0 aliphatic carbocycles. The second-order valence-electron chi connectivity index (χ2n) is 7.62. The van der Waals surface area contributed by atoms with Gasteiger partial charge in [0.15, 0.2) is 5.76 Å². The number of fused-ring (bicyclic) bond motifs is 3. The molecule has 0 radical (unpaired) electrons. The van der Waals surface area contributed by atoms with Gasteiger partial charge in [-0.25, -0.2) is 4.79 Å². The number of carbonyl (C=O) groups excluding carboxylic acids is 1. The number of hydrogen-bond acceptors (Lipinski definition) is 5. The number of para-hydroxylation sites is 1. The van der Waals surface area contributed by atoms with Crippen LogP contribution in [-0.4, -0.2) is 18.4 Å². The summed E-state index contributed by atoms with van der Waals surface area (Å²) in [5.41, 5.74) is 6.49. The molecule has 2 N–H and O–H groups in total. The SMILES string of the molecule is CCOC(=O)Nc1c(/C(=N/Nc2ccccc2)c2ccccc2)oc2ccc3ccccc3c12. The molecule has 0 aliphatic heterocycles. The van der Waals surface area contributed by atoms with E-state index in [0.29, 0.717) is 22.7 Å². The predicted octanol–water partition coefficient (Wildman–Crippen LogP) is 7.02. The Morgan fingerprint density at radius 3 is 2.35 bits per heavy atom. The van der Waals surface area contributed by atoms with Crippen molar-refractivity contribution in [3.8, 4) is 0 Å². The van der Waals surface area contributed by atoms with E-state index in [-0.39, 0.29) is 6.61 Å². The first kappa shape index (κ1) is 21.3. The second-order valence-corrected chi connectivity index (χ2v) is 7.62. The summed E-state index contributed by atoms with van der Waals surface area (Å²) in [5.74, 6) is 0.439. The quantitative estimate of drug-likeness (QED) is 0.216. The number of ether oxygens (including phenoxy) is 1. The molecule has 0 spiro atoms. The topological polar surface area (TPSA) is 75.9 Å². The molecule has 0 saturated heterocycles. The molecule has 34 heavy (non-hydrogen) atoms. The maximum atomic E-state index is 12.6. The van der Waals surface area contributed by atoms with E-state index in [2.05, 4.69) is 10.7 Å². The lowest BCUT2D eigenvalue weighted by molar-refractivity contribution is 0.168. The summed E-state index contributed by atoms with van der Waals surface area (Å²) in [7, 11) is 0. The van der Waals surface area contributed by atoms with E-state index < -0.39 is 6.09 Å². The number of carbonyl (C=O) groups is 1. The third-order valence-corrected chi connectivity index (χ3v) is 5.42. The third kappa shape index (κ3) is 4.21. The summed E-state index contributed by atoms with van der Waals surface area (Å²) >= 11 is 0. The lowest BCUT2D eigenvalue weighted by Crippen LogP contribution is -2.16. The van der Waals surface area contributed by atoms with Crippen LogP contribution in [0, 0.1) is 0 Å². The first-order chi connectivity index (χ1) is 16.7. The van der Waals surface area contributed by atoms with Crippen LogP contribution in [0.4, 0.5) is 16.2 Å². The van der Waals surface area contributed by atoms with Crippen LogP contribution in [0.5, 0.6) is 0 Å². The lowest BCUT2D eigenvalue weighted by Gasteiger charge is -2.10. The zero-order valence-corrected chi connectivity index (χ0v) is 18.6. The number of amides is 1. The Morgan fingerprint density at radius 1 is 0.882 bits per heavy atom. The van der Waals surface area contributed by atoms with E-state index >= 15 is 0 Å². The largest absolute Gasteiger partial charge is 0.452 e. The Bertz CT molecular complexity index is 1470. The van der Waals surface area contributed by atoms with Gasteiger partial charge in [-0.3, -0.25) is 10.7 Å². The molecule has 5 aromatic rings. The highest BCUT2D eigenvalue weighted by molar-refractivity contribution is 6.23. The summed E-state index contributed by atoms with van der Waals surface area (Å²) in [6.45, 7) is 2.02. The van der Waals surface area contributed by atoms with Gasteiger partial charge < -0.3 is 9.15 Å². The average Bonchev–Trinajstić information content (AvgIpc) is 3.24. The normalized spacial score (nSPS) is 11.5. The van der Waals surface area contributed by atoms with Gasteiger partial charge >= 0.3 is 6.09 Å². The molecule has 168 valence electrons. The van der Waals surface area contributed by atoms with Crippen molar-refractivity contribution in [2.24, 2.45) is 5.10 Å². The summed E-state index contributed by atoms with van der Waals surface area (Å²) in [4.78, 5) is 12.6. The summed E-state index contributed by atoms with van der Waals surface area (Å²) < 4.78 is 11.5. The summed E-state index contributed by atoms with van der Waals surface area (Å²) in [6, 6.07) is 31.3. The molecule has 1 amide bonds. The number of hydrogen-bond donors (Lipinski definition) is 2. The molecular weight excluding hydrogens is 426 g/mol. The fraction of sp³-hybridized carbons (Fsp3) is 0.0714. The van der Waals surface area contributed by atoms with Gasteiger partial charge in [-0.05, 0) is 35.9 Å². The molecule has 1 heterocycles. The highest BCUT2D eigenvalue weighted by Crippen LogP contribution is 2.38. The highest BCUT2D eigenvalue weighted by atomic mass is 16.5. The van der Waals surface area contributed by atoms with E-state index in [4.69, 9.17) is 14.3 Å². The Labute approximate surface area is 196 Å². The number of nitrogens with zero attached hydrogens (tertiary/aromatic N) is 1. The molecule has 0 bridgehead atoms. The number of rotatable bonds is 6. The fourth-order valence-electron chi connectivity index (χ4n) is 3.90. The second kappa shape index (κ2) is 9.50. The minimum absolute atomic E-state index is 0.257. The molecule has 4 aromatic carbocycles. The Balaban J connectivity index is 1.74. The van der Waals surface area contributed by atoms with E-state index in [0.717, 1.165) is 27.4 Å². The van der Waals surface area contributed by atoms with Crippen molar-refractivity contribution < 1.29 is 13.9 Å². The maximum Gasteiger partial charge on any atom is 0.411 e. The third-order valence-electron chi connectivity index (χ3n) is 5.42. The van der Waals surface area contributed by atoms with E-state index in [1.165, 1.54) is 0 Å². The first-order valence-electron chi connectivity index (χ1n) is 11.1. The monoisotopic (exact) mass is 449 g/mol. The van der Waals surface area contributed by atoms with Gasteiger partial charge in [0, 0.05) is 5.56 Å². The van der Waals surface area contributed by atoms with Crippen molar-refractivity contribution in [3.63, 3.8) is 0 Å². The molecule has 1 aromatic heterocycles. The van der Waals surface area contributed by atoms with Crippen LogP contribution in [-0.2, 0) is 4.74 Å². The standard InChI is InChI=1S/C28H23N3O3/c1-2-33-28(32)29-26-24-22-16-10-9-11-19(22)17-18-23(24)34-27(26)25(20-12-5-3-6-13-20)31-30-21-14-7-4-8-15-21/h3-18,30H,2H2,1H3,(H,29,32)/b31-25+. The Hall–Kier alpha value is -4.58. The molecule has 0 aliphatic rings. The van der Waals surface area contributed by atoms with Gasteiger partial charge in [0.05, 0.1) is 17.7 Å². The van der Waals surface area contributed by atoms with Gasteiger partial charge in [-0.1, -0.05) is 78.9 Å². The van der Waals surface area contributed by atoms with Crippen LogP contribution in [0.3, 0.4) is 0 Å². The number of anilines is 2. The summed E-state index contributed by atoms with van der Waals surface area (Å²) in [5, 5.41) is 10.4. The molecule has 0 saturated carbocycles. The number of hydrazone groups is 1. The van der Waals surface area contributed by atoms with Gasteiger partial charge in [-0.2, -0.15) is 5.10 Å². The van der Waals surface area contributed by atoms with Crippen LogP contribution in [0.25, 0.3) is 21.7 Å². The Kier molecular flexibility index (Phi) is 5.95. The smallest absolute Gasteiger partial charge is 0.411 e. The lowest BCUT2D eigenvalue weighted by atomic mass is 10.0. The van der Waals surface area contributed by atoms with E-state index in [1.807, 2.05) is 97.1 Å². The van der Waals surface area contributed by atoms with Crippen molar-refractivity contribution in [2.45, 2.75) is 6.92 Å². The average molecular weight is 450 g/mol. The van der Waals surface area contributed by atoms with Crippen molar-refractivity contribution in [3.05, 3.63) is 108 Å². The predicted molar refractivity (Wildman–Crippen MR) is 137 cm³/mol. The molecular formula is C28H23N3O3. The van der Waals surface area contributed by atoms with Crippen LogP contribution >= 0.6 is 0 Å². The van der Waals surface area contributed by atoms with Crippen molar-refractivity contribution >= 4 is 44.9 Å². The van der Waals surface area contributed by atoms with Crippen LogP contribution in [0.2, 0.25) is 0 Å². The zero-order chi connectivity index (χ0) is 23.3. The molecule has 6 heteroatoms. The van der Waals surface area contributed by atoms with Gasteiger partial charge in [0.1, 0.15) is 17.0 Å². The van der Waals surface area contributed by atoms with Crippen molar-refractivity contribution in [1.82, 2.24) is 0 Å². The van der Waals surface area contributed by atoms with Crippen molar-refractivity contribution in [2.75, 3.05) is 17.3 Å². The van der Waals surface area contributed by atoms with Crippen LogP contribution in [0.1, 0.15) is 18.2 Å². The molecule has 0 fully saturated rings. The number of nitrogens with one attached hydrogen (secondary N) is 2. The van der Waals surface area contributed by atoms with Crippen LogP contribution in [0.15, 0.2) is 107 Å². The van der Waals surface area contributed by atoms with Gasteiger partial charge in [0.25, 0.3) is 0 Å². The number of benzene rings is 4. The zero-order valence-electron chi connectivity index (χ0n) is 18.6. The van der Waals surface area contributed by atoms with E-state index in [9.17, 15) is 4.79 Å². The number of furan rings is 1. The summed E-state index contributed by atoms with van der Waals surface area (Å²) in [6.07, 6.45) is -0.553. The van der Waals surface area contributed by atoms with Gasteiger partial charge in [-0.15, -0.1) is 0 Å². The van der Waals surface area contributed by atoms with Gasteiger partial charge in [0.2, 0.25) is 0 Å². The van der Waals surface area contributed by atoms with Crippen molar-refractivity contribution in [1.29, 1.82) is 0 Å². The Morgan fingerprint density at radius 2 is 1.59 bits per heavy atom. The molecule has 5 rings (SSSR count). The maximum absolute atomic E-state index is 12.6. The molecule has 6 nitrogen and oxygen atoms in total. The van der Waals surface area contributed by atoms with E-state index in [1.54, 1.807) is 6.92 Å². The minimum atomic E-state index is -0.553. The fourth-order valence-corrected chi connectivity index (χ4v) is 3.90.